The Bertz CT molecular complexity index is 785. The SMILES string of the molecule is O=C(NC[C@H]1CN(c2ccc(F)cc2)C(=O)O1)Nc1cccc(Cl)c1. The largest absolute Gasteiger partial charge is 0.442 e. The van der Waals surface area contributed by atoms with E-state index in [0.29, 0.717) is 16.4 Å². The molecular formula is C17H15ClFN3O3. The van der Waals surface area contributed by atoms with Crippen LogP contribution < -0.4 is 15.5 Å². The lowest BCUT2D eigenvalue weighted by Crippen LogP contribution is -2.37. The van der Waals surface area contributed by atoms with Crippen LogP contribution in [-0.2, 0) is 4.74 Å². The van der Waals surface area contributed by atoms with E-state index >= 15 is 0 Å². The summed E-state index contributed by atoms with van der Waals surface area (Å²) < 4.78 is 18.2. The van der Waals surface area contributed by atoms with Gasteiger partial charge in [-0.2, -0.15) is 0 Å². The molecule has 8 heteroatoms. The van der Waals surface area contributed by atoms with Gasteiger partial charge in [-0.3, -0.25) is 4.90 Å². The number of urea groups is 1. The number of carbonyl (C=O) groups excluding carboxylic acids is 2. The number of nitrogens with one attached hydrogen (secondary N) is 2. The number of hydrogen-bond acceptors (Lipinski definition) is 3. The van der Waals surface area contributed by atoms with Gasteiger partial charge >= 0.3 is 12.1 Å². The monoisotopic (exact) mass is 363 g/mol. The molecule has 1 heterocycles. The molecule has 2 aromatic rings. The molecule has 0 saturated carbocycles. The zero-order chi connectivity index (χ0) is 17.8. The maximum absolute atomic E-state index is 13.0. The third-order valence-electron chi connectivity index (χ3n) is 3.59. The minimum atomic E-state index is -0.534. The highest BCUT2D eigenvalue weighted by atomic mass is 35.5. The van der Waals surface area contributed by atoms with Gasteiger partial charge in [-0.05, 0) is 42.5 Å². The van der Waals surface area contributed by atoms with E-state index in [9.17, 15) is 14.0 Å². The van der Waals surface area contributed by atoms with Crippen molar-refractivity contribution in [3.05, 3.63) is 59.4 Å². The maximum atomic E-state index is 13.0. The normalized spacial score (nSPS) is 16.5. The molecule has 1 fully saturated rings. The van der Waals surface area contributed by atoms with Crippen LogP contribution in [0.5, 0.6) is 0 Å². The van der Waals surface area contributed by atoms with Crippen LogP contribution in [0.2, 0.25) is 5.02 Å². The summed E-state index contributed by atoms with van der Waals surface area (Å²) in [7, 11) is 0. The first-order chi connectivity index (χ1) is 12.0. The van der Waals surface area contributed by atoms with E-state index in [1.54, 1.807) is 24.3 Å². The fraction of sp³-hybridized carbons (Fsp3) is 0.176. The molecule has 0 aliphatic carbocycles. The number of halogens is 2. The van der Waals surface area contributed by atoms with Crippen molar-refractivity contribution in [2.45, 2.75) is 6.10 Å². The van der Waals surface area contributed by atoms with E-state index in [1.165, 1.54) is 29.2 Å². The van der Waals surface area contributed by atoms with Crippen molar-refractivity contribution in [3.63, 3.8) is 0 Å². The highest BCUT2D eigenvalue weighted by Crippen LogP contribution is 2.21. The van der Waals surface area contributed by atoms with E-state index in [2.05, 4.69) is 10.6 Å². The number of benzene rings is 2. The van der Waals surface area contributed by atoms with Crippen LogP contribution in [0.15, 0.2) is 48.5 Å². The van der Waals surface area contributed by atoms with E-state index in [-0.39, 0.29) is 18.9 Å². The molecule has 130 valence electrons. The van der Waals surface area contributed by atoms with E-state index in [1.807, 2.05) is 0 Å². The quantitative estimate of drug-likeness (QED) is 0.871. The number of carbonyl (C=O) groups is 2. The van der Waals surface area contributed by atoms with E-state index < -0.39 is 18.2 Å². The summed E-state index contributed by atoms with van der Waals surface area (Å²) in [5.74, 6) is -0.382. The second-order valence-electron chi connectivity index (χ2n) is 5.44. The van der Waals surface area contributed by atoms with Gasteiger partial charge in [0.05, 0.1) is 13.1 Å². The van der Waals surface area contributed by atoms with Gasteiger partial charge in [-0.15, -0.1) is 0 Å². The molecule has 1 aliphatic rings. The minimum absolute atomic E-state index is 0.149. The zero-order valence-electron chi connectivity index (χ0n) is 13.0. The van der Waals surface area contributed by atoms with Crippen molar-refractivity contribution in [3.8, 4) is 0 Å². The molecule has 0 aromatic heterocycles. The van der Waals surface area contributed by atoms with Crippen LogP contribution in [0.4, 0.5) is 25.4 Å². The van der Waals surface area contributed by atoms with Crippen LogP contribution in [0.1, 0.15) is 0 Å². The molecule has 6 nitrogen and oxygen atoms in total. The summed E-state index contributed by atoms with van der Waals surface area (Å²) >= 11 is 5.85. The van der Waals surface area contributed by atoms with Crippen molar-refractivity contribution in [1.29, 1.82) is 0 Å². The number of cyclic esters (lactones) is 1. The molecule has 2 N–H and O–H groups in total. The van der Waals surface area contributed by atoms with Crippen molar-refractivity contribution in [2.75, 3.05) is 23.3 Å². The molecule has 1 saturated heterocycles. The predicted molar refractivity (Wildman–Crippen MR) is 92.5 cm³/mol. The number of amides is 3. The first-order valence-electron chi connectivity index (χ1n) is 7.55. The van der Waals surface area contributed by atoms with Crippen molar-refractivity contribution in [2.24, 2.45) is 0 Å². The van der Waals surface area contributed by atoms with Crippen molar-refractivity contribution < 1.29 is 18.7 Å². The summed E-state index contributed by atoms with van der Waals surface area (Å²) in [4.78, 5) is 25.2. The Morgan fingerprint density at radius 2 is 2.04 bits per heavy atom. The summed E-state index contributed by atoms with van der Waals surface area (Å²) in [6.45, 7) is 0.414. The van der Waals surface area contributed by atoms with Gasteiger partial charge in [-0.25, -0.2) is 14.0 Å². The number of nitrogens with zero attached hydrogens (tertiary/aromatic N) is 1. The lowest BCUT2D eigenvalue weighted by Gasteiger charge is -2.13. The molecule has 0 spiro atoms. The van der Waals surface area contributed by atoms with Gasteiger partial charge in [0, 0.05) is 16.4 Å². The molecule has 2 aromatic carbocycles. The highest BCUT2D eigenvalue weighted by molar-refractivity contribution is 6.30. The molecule has 3 rings (SSSR count). The Kier molecular flexibility index (Phi) is 5.04. The summed E-state index contributed by atoms with van der Waals surface area (Å²) in [5.41, 5.74) is 1.10. The van der Waals surface area contributed by atoms with Crippen LogP contribution in [-0.4, -0.2) is 31.3 Å². The van der Waals surface area contributed by atoms with Crippen LogP contribution >= 0.6 is 11.6 Å². The first-order valence-corrected chi connectivity index (χ1v) is 7.93. The average Bonchev–Trinajstić information content (AvgIpc) is 2.95. The summed E-state index contributed by atoms with van der Waals surface area (Å²) in [5, 5.41) is 5.79. The zero-order valence-corrected chi connectivity index (χ0v) is 13.8. The molecule has 1 aliphatic heterocycles. The Labute approximate surface area is 148 Å². The topological polar surface area (TPSA) is 70.7 Å². The standard InChI is InChI=1S/C17H15ClFN3O3/c18-11-2-1-3-13(8-11)21-16(23)20-9-15-10-22(17(24)25-15)14-6-4-12(19)5-7-14/h1-8,15H,9-10H2,(H2,20,21,23)/t15-/m0/s1. The molecule has 3 amide bonds. The second-order valence-corrected chi connectivity index (χ2v) is 5.87. The number of rotatable bonds is 4. The van der Waals surface area contributed by atoms with Gasteiger partial charge in [0.1, 0.15) is 11.9 Å². The Morgan fingerprint density at radius 3 is 2.76 bits per heavy atom. The number of anilines is 2. The lowest BCUT2D eigenvalue weighted by atomic mass is 10.2. The number of ether oxygens (including phenoxy) is 1. The third-order valence-corrected chi connectivity index (χ3v) is 3.82. The molecular weight excluding hydrogens is 349 g/mol. The summed E-state index contributed by atoms with van der Waals surface area (Å²) in [6, 6.07) is 11.8. The molecule has 25 heavy (non-hydrogen) atoms. The van der Waals surface area contributed by atoms with Crippen LogP contribution in [0.3, 0.4) is 0 Å². The minimum Gasteiger partial charge on any atom is -0.442 e. The van der Waals surface area contributed by atoms with Gasteiger partial charge in [0.25, 0.3) is 0 Å². The van der Waals surface area contributed by atoms with Gasteiger partial charge in [-0.1, -0.05) is 17.7 Å². The third kappa shape index (κ3) is 4.39. The fourth-order valence-corrected chi connectivity index (χ4v) is 2.60. The van der Waals surface area contributed by atoms with Crippen LogP contribution in [0, 0.1) is 5.82 Å². The van der Waals surface area contributed by atoms with Gasteiger partial charge in [0.2, 0.25) is 0 Å². The maximum Gasteiger partial charge on any atom is 0.414 e. The van der Waals surface area contributed by atoms with E-state index in [4.69, 9.17) is 16.3 Å². The predicted octanol–water partition coefficient (Wildman–Crippen LogP) is 3.63. The average molecular weight is 364 g/mol. The van der Waals surface area contributed by atoms with Crippen molar-refractivity contribution >= 4 is 35.1 Å². The molecule has 1 atom stereocenters. The second kappa shape index (κ2) is 7.40. The van der Waals surface area contributed by atoms with Gasteiger partial charge < -0.3 is 15.4 Å². The lowest BCUT2D eigenvalue weighted by molar-refractivity contribution is 0.141. The van der Waals surface area contributed by atoms with E-state index in [0.717, 1.165) is 0 Å². The Balaban J connectivity index is 1.51. The van der Waals surface area contributed by atoms with Crippen LogP contribution in [0.25, 0.3) is 0 Å². The molecule has 0 unspecified atom stereocenters. The highest BCUT2D eigenvalue weighted by Gasteiger charge is 2.32. The van der Waals surface area contributed by atoms with Crippen molar-refractivity contribution in [1.82, 2.24) is 5.32 Å². The number of hydrogen-bond donors (Lipinski definition) is 2. The first kappa shape index (κ1) is 17.0. The Hall–Kier alpha value is -2.80. The van der Waals surface area contributed by atoms with Gasteiger partial charge in [0.15, 0.2) is 0 Å². The fourth-order valence-electron chi connectivity index (χ4n) is 2.41. The Morgan fingerprint density at radius 1 is 1.28 bits per heavy atom. The smallest absolute Gasteiger partial charge is 0.414 e. The molecule has 0 radical (unpaired) electrons. The summed E-state index contributed by atoms with van der Waals surface area (Å²) in [6.07, 6.45) is -1.03. The molecule has 0 bridgehead atoms.